The van der Waals surface area contributed by atoms with Crippen LogP contribution in [0.1, 0.15) is 26.2 Å². The predicted molar refractivity (Wildman–Crippen MR) is 46.9 cm³/mol. The van der Waals surface area contributed by atoms with Gasteiger partial charge in [-0.25, -0.2) is 4.39 Å². The highest BCUT2D eigenvalue weighted by Crippen LogP contribution is 2.53. The van der Waals surface area contributed by atoms with E-state index < -0.39 is 17.7 Å². The van der Waals surface area contributed by atoms with Gasteiger partial charge in [-0.05, 0) is 24.8 Å². The van der Waals surface area contributed by atoms with Gasteiger partial charge in [0.1, 0.15) is 6.17 Å². The Hall–Kier alpha value is -0.570. The largest absolute Gasteiger partial charge is 0.501 e. The lowest BCUT2D eigenvalue weighted by Gasteiger charge is -2.23. The zero-order valence-electron chi connectivity index (χ0n) is 7.79. The summed E-state index contributed by atoms with van der Waals surface area (Å²) in [4.78, 5) is 0. The molecule has 0 saturated heterocycles. The van der Waals surface area contributed by atoms with Gasteiger partial charge in [0.25, 0.3) is 0 Å². The second-order valence-corrected chi connectivity index (χ2v) is 4.25. The Balaban J connectivity index is 2.04. The van der Waals surface area contributed by atoms with Crippen molar-refractivity contribution in [1.82, 2.24) is 0 Å². The standard InChI is InChI=1S/C10H15FO2/c1-10(5-8(10)11)9(12)7-3-2-4-13-6-7/h6,8-9,12H,2-5H2,1H3. The average molecular weight is 186 g/mol. The zero-order valence-corrected chi connectivity index (χ0v) is 7.79. The van der Waals surface area contributed by atoms with E-state index in [4.69, 9.17) is 4.74 Å². The first kappa shape index (κ1) is 9.00. The van der Waals surface area contributed by atoms with Gasteiger partial charge in [0.05, 0.1) is 19.0 Å². The number of rotatable bonds is 2. The molecule has 2 rings (SSSR count). The van der Waals surface area contributed by atoms with E-state index >= 15 is 0 Å². The molecule has 1 heterocycles. The molecule has 1 aliphatic heterocycles. The maximum absolute atomic E-state index is 12.9. The molecule has 74 valence electrons. The Morgan fingerprint density at radius 3 is 2.92 bits per heavy atom. The third-order valence-corrected chi connectivity index (χ3v) is 3.11. The molecule has 0 amide bonds. The Morgan fingerprint density at radius 1 is 1.77 bits per heavy atom. The van der Waals surface area contributed by atoms with Crippen molar-refractivity contribution >= 4 is 0 Å². The number of hydrogen-bond acceptors (Lipinski definition) is 2. The number of alkyl halides is 1. The minimum absolute atomic E-state index is 0.478. The summed E-state index contributed by atoms with van der Waals surface area (Å²) in [6.07, 6.45) is 2.35. The predicted octanol–water partition coefficient (Wildman–Crippen LogP) is 1.79. The number of hydrogen-bond donors (Lipinski definition) is 1. The molecule has 0 aromatic carbocycles. The van der Waals surface area contributed by atoms with E-state index in [9.17, 15) is 9.50 Å². The molecule has 1 aliphatic carbocycles. The molecule has 0 aromatic heterocycles. The van der Waals surface area contributed by atoms with Gasteiger partial charge in [0.2, 0.25) is 0 Å². The number of aliphatic hydroxyl groups is 1. The summed E-state index contributed by atoms with van der Waals surface area (Å²) in [6.45, 7) is 2.50. The van der Waals surface area contributed by atoms with Crippen molar-refractivity contribution in [2.45, 2.75) is 38.5 Å². The van der Waals surface area contributed by atoms with Crippen molar-refractivity contribution in [3.05, 3.63) is 11.8 Å². The number of halogens is 1. The van der Waals surface area contributed by atoms with Gasteiger partial charge in [-0.15, -0.1) is 0 Å². The van der Waals surface area contributed by atoms with E-state index in [-0.39, 0.29) is 0 Å². The van der Waals surface area contributed by atoms with E-state index in [1.807, 2.05) is 0 Å². The third-order valence-electron chi connectivity index (χ3n) is 3.11. The maximum atomic E-state index is 12.9. The molecule has 1 fully saturated rings. The van der Waals surface area contributed by atoms with Gasteiger partial charge >= 0.3 is 0 Å². The topological polar surface area (TPSA) is 29.5 Å². The number of aliphatic hydroxyl groups excluding tert-OH is 1. The summed E-state index contributed by atoms with van der Waals surface area (Å²) in [7, 11) is 0. The van der Waals surface area contributed by atoms with Gasteiger partial charge in [-0.2, -0.15) is 0 Å². The van der Waals surface area contributed by atoms with Gasteiger partial charge in [-0.3, -0.25) is 0 Å². The smallest absolute Gasteiger partial charge is 0.109 e. The minimum Gasteiger partial charge on any atom is -0.501 e. The van der Waals surface area contributed by atoms with E-state index in [0.717, 1.165) is 18.4 Å². The lowest BCUT2D eigenvalue weighted by atomic mass is 9.92. The van der Waals surface area contributed by atoms with Crippen LogP contribution in [0.2, 0.25) is 0 Å². The molecule has 13 heavy (non-hydrogen) atoms. The van der Waals surface area contributed by atoms with Crippen molar-refractivity contribution in [3.8, 4) is 0 Å². The highest BCUT2D eigenvalue weighted by Gasteiger charge is 2.57. The summed E-state index contributed by atoms with van der Waals surface area (Å²) in [5, 5.41) is 9.86. The fourth-order valence-corrected chi connectivity index (χ4v) is 1.82. The van der Waals surface area contributed by atoms with Crippen LogP contribution in [0.15, 0.2) is 11.8 Å². The molecule has 2 nitrogen and oxygen atoms in total. The van der Waals surface area contributed by atoms with Crippen LogP contribution in [-0.4, -0.2) is 24.0 Å². The lowest BCUT2D eigenvalue weighted by Crippen LogP contribution is -2.25. The van der Waals surface area contributed by atoms with Gasteiger partial charge in [-0.1, -0.05) is 6.92 Å². The molecule has 0 radical (unpaired) electrons. The van der Waals surface area contributed by atoms with Crippen molar-refractivity contribution < 1.29 is 14.2 Å². The molecule has 3 atom stereocenters. The summed E-state index contributed by atoms with van der Waals surface area (Å²) < 4.78 is 18.1. The lowest BCUT2D eigenvalue weighted by molar-refractivity contribution is 0.101. The molecule has 1 N–H and O–H groups in total. The molecular formula is C10H15FO2. The van der Waals surface area contributed by atoms with Crippen molar-refractivity contribution in [2.75, 3.05) is 6.61 Å². The Labute approximate surface area is 77.4 Å². The molecule has 0 aromatic rings. The van der Waals surface area contributed by atoms with E-state index in [1.165, 1.54) is 0 Å². The molecule has 3 heteroatoms. The van der Waals surface area contributed by atoms with Crippen LogP contribution < -0.4 is 0 Å². The SMILES string of the molecule is CC1(C(O)C2=COCCC2)CC1F. The molecule has 1 saturated carbocycles. The van der Waals surface area contributed by atoms with Gasteiger partial charge < -0.3 is 9.84 Å². The molecular weight excluding hydrogens is 171 g/mol. The second-order valence-electron chi connectivity index (χ2n) is 4.25. The van der Waals surface area contributed by atoms with Crippen molar-refractivity contribution in [3.63, 3.8) is 0 Å². The van der Waals surface area contributed by atoms with Crippen molar-refractivity contribution in [1.29, 1.82) is 0 Å². The zero-order chi connectivity index (χ0) is 9.47. The van der Waals surface area contributed by atoms with Crippen molar-refractivity contribution in [2.24, 2.45) is 5.41 Å². The second kappa shape index (κ2) is 2.98. The summed E-state index contributed by atoms with van der Waals surface area (Å²) in [5.74, 6) is 0. The van der Waals surface area contributed by atoms with Crippen LogP contribution in [-0.2, 0) is 4.74 Å². The highest BCUT2D eigenvalue weighted by molar-refractivity contribution is 5.19. The summed E-state index contributed by atoms with van der Waals surface area (Å²) in [5.41, 5.74) is 0.320. The first-order chi connectivity index (χ1) is 6.14. The van der Waals surface area contributed by atoms with E-state index in [2.05, 4.69) is 0 Å². The van der Waals surface area contributed by atoms with E-state index in [0.29, 0.717) is 13.0 Å². The minimum atomic E-state index is -0.842. The number of ether oxygens (including phenoxy) is 1. The summed E-state index contributed by atoms with van der Waals surface area (Å²) >= 11 is 0. The fourth-order valence-electron chi connectivity index (χ4n) is 1.82. The molecule has 3 unspecified atom stereocenters. The maximum Gasteiger partial charge on any atom is 0.109 e. The third kappa shape index (κ3) is 1.46. The fraction of sp³-hybridized carbons (Fsp3) is 0.800. The van der Waals surface area contributed by atoms with Crippen LogP contribution in [0.5, 0.6) is 0 Å². The molecule has 0 bridgehead atoms. The quantitative estimate of drug-likeness (QED) is 0.712. The van der Waals surface area contributed by atoms with Crippen LogP contribution in [0.4, 0.5) is 4.39 Å². The van der Waals surface area contributed by atoms with E-state index in [1.54, 1.807) is 13.2 Å². The van der Waals surface area contributed by atoms with Crippen LogP contribution in [0.25, 0.3) is 0 Å². The van der Waals surface area contributed by atoms with Gasteiger partial charge in [0, 0.05) is 5.41 Å². The summed E-state index contributed by atoms with van der Waals surface area (Å²) in [6, 6.07) is 0. The van der Waals surface area contributed by atoms with Crippen LogP contribution in [0, 0.1) is 5.41 Å². The molecule has 0 spiro atoms. The highest BCUT2D eigenvalue weighted by atomic mass is 19.1. The Kier molecular flexibility index (Phi) is 2.06. The first-order valence-electron chi connectivity index (χ1n) is 4.77. The Bertz CT molecular complexity index is 239. The normalized spacial score (nSPS) is 40.5. The average Bonchev–Trinajstić information content (AvgIpc) is 2.76. The monoisotopic (exact) mass is 186 g/mol. The first-order valence-corrected chi connectivity index (χ1v) is 4.77. The van der Waals surface area contributed by atoms with Crippen LogP contribution in [0.3, 0.4) is 0 Å². The van der Waals surface area contributed by atoms with Crippen LogP contribution >= 0.6 is 0 Å². The van der Waals surface area contributed by atoms with Gasteiger partial charge in [0.15, 0.2) is 0 Å². The molecule has 2 aliphatic rings. The Morgan fingerprint density at radius 2 is 2.46 bits per heavy atom.